The number of carbonyl (C=O) groups is 2. The number of hydrogen-bond acceptors (Lipinski definition) is 2. The van der Waals surface area contributed by atoms with Crippen LogP contribution < -0.4 is 0 Å². The minimum atomic E-state index is 0.299. The fourth-order valence-electron chi connectivity index (χ4n) is 3.49. The lowest BCUT2D eigenvalue weighted by Crippen LogP contribution is -2.35. The van der Waals surface area contributed by atoms with Gasteiger partial charge < -0.3 is 9.69 Å². The van der Waals surface area contributed by atoms with Crippen LogP contribution >= 0.6 is 0 Å². The number of hydrogen-bond donors (Lipinski definition) is 0. The predicted octanol–water partition coefficient (Wildman–Crippen LogP) is 5.12. The van der Waals surface area contributed by atoms with Gasteiger partial charge in [0.2, 0.25) is 5.91 Å². The zero-order valence-electron chi connectivity index (χ0n) is 15.6. The first-order valence-electron chi connectivity index (χ1n) is 9.79. The van der Waals surface area contributed by atoms with Crippen LogP contribution in [0, 0.1) is 5.92 Å². The molecule has 0 bridgehead atoms. The van der Waals surface area contributed by atoms with Crippen molar-refractivity contribution in [3.8, 4) is 0 Å². The molecule has 3 heteroatoms. The second-order valence-electron chi connectivity index (χ2n) is 7.68. The number of ketones is 1. The van der Waals surface area contributed by atoms with Crippen LogP contribution in [0.15, 0.2) is 0 Å². The maximum Gasteiger partial charge on any atom is 0.222 e. The van der Waals surface area contributed by atoms with Crippen LogP contribution in [0.5, 0.6) is 0 Å². The quantitative estimate of drug-likeness (QED) is 0.467. The molecule has 1 aliphatic heterocycles. The van der Waals surface area contributed by atoms with Crippen LogP contribution in [0.4, 0.5) is 0 Å². The second-order valence-corrected chi connectivity index (χ2v) is 7.68. The summed E-state index contributed by atoms with van der Waals surface area (Å²) in [6, 6.07) is 0.511. The molecule has 1 fully saturated rings. The van der Waals surface area contributed by atoms with E-state index in [1.165, 1.54) is 38.5 Å². The molecule has 1 atom stereocenters. The molecule has 0 spiro atoms. The van der Waals surface area contributed by atoms with Crippen LogP contribution in [-0.4, -0.2) is 29.2 Å². The standard InChI is InChI=1S/C20H37NO2/c1-17(2)14-15-19-12-10-16-21(19)20(23)13-9-7-5-4-6-8-11-18(3)22/h17,19H,4-16H2,1-3H3. The van der Waals surface area contributed by atoms with Gasteiger partial charge in [0, 0.05) is 25.4 Å². The molecule has 1 aliphatic rings. The molecule has 0 aromatic carbocycles. The minimum absolute atomic E-state index is 0.299. The summed E-state index contributed by atoms with van der Waals surface area (Å²) in [7, 11) is 0. The first kappa shape index (κ1) is 20.2. The Kier molecular flexibility index (Phi) is 10.2. The van der Waals surface area contributed by atoms with Crippen molar-refractivity contribution in [2.24, 2.45) is 5.92 Å². The molecular weight excluding hydrogens is 286 g/mol. The van der Waals surface area contributed by atoms with Crippen molar-refractivity contribution in [3.63, 3.8) is 0 Å². The number of Topliss-reactive ketones (excluding diaryl/α,β-unsaturated/α-hetero) is 1. The van der Waals surface area contributed by atoms with Gasteiger partial charge in [-0.1, -0.05) is 39.5 Å². The third kappa shape index (κ3) is 9.12. The van der Waals surface area contributed by atoms with Crippen molar-refractivity contribution in [1.29, 1.82) is 0 Å². The molecular formula is C20H37NO2. The summed E-state index contributed by atoms with van der Waals surface area (Å²) in [5.41, 5.74) is 0. The molecule has 1 saturated heterocycles. The number of amides is 1. The van der Waals surface area contributed by atoms with Crippen LogP contribution in [0.1, 0.15) is 97.8 Å². The Morgan fingerprint density at radius 2 is 1.61 bits per heavy atom. The van der Waals surface area contributed by atoms with Gasteiger partial charge in [0.15, 0.2) is 0 Å². The maximum atomic E-state index is 12.4. The Bertz CT molecular complexity index is 352. The van der Waals surface area contributed by atoms with Crippen LogP contribution in [0.25, 0.3) is 0 Å². The van der Waals surface area contributed by atoms with Crippen molar-refractivity contribution >= 4 is 11.7 Å². The van der Waals surface area contributed by atoms with Crippen molar-refractivity contribution in [2.75, 3.05) is 6.54 Å². The van der Waals surface area contributed by atoms with E-state index in [1.807, 2.05) is 0 Å². The molecule has 0 aromatic heterocycles. The van der Waals surface area contributed by atoms with Gasteiger partial charge in [0.25, 0.3) is 0 Å². The molecule has 23 heavy (non-hydrogen) atoms. The Morgan fingerprint density at radius 1 is 1.00 bits per heavy atom. The van der Waals surface area contributed by atoms with E-state index in [4.69, 9.17) is 0 Å². The number of carbonyl (C=O) groups excluding carboxylic acids is 2. The van der Waals surface area contributed by atoms with Gasteiger partial charge in [-0.15, -0.1) is 0 Å². The smallest absolute Gasteiger partial charge is 0.222 e. The summed E-state index contributed by atoms with van der Waals surface area (Å²) in [6.45, 7) is 7.17. The topological polar surface area (TPSA) is 37.4 Å². The largest absolute Gasteiger partial charge is 0.340 e. The Morgan fingerprint density at radius 3 is 2.22 bits per heavy atom. The zero-order chi connectivity index (χ0) is 17.1. The molecule has 3 nitrogen and oxygen atoms in total. The average Bonchev–Trinajstić information content (AvgIpc) is 2.95. The SMILES string of the molecule is CC(=O)CCCCCCCCC(=O)N1CCCC1CCC(C)C. The Balaban J connectivity index is 2.07. The monoisotopic (exact) mass is 323 g/mol. The highest BCUT2D eigenvalue weighted by Gasteiger charge is 2.27. The van der Waals surface area contributed by atoms with E-state index in [0.29, 0.717) is 17.7 Å². The third-order valence-electron chi connectivity index (χ3n) is 4.94. The molecule has 1 heterocycles. The summed E-state index contributed by atoms with van der Waals surface area (Å²) >= 11 is 0. The second kappa shape index (κ2) is 11.6. The highest BCUT2D eigenvalue weighted by Crippen LogP contribution is 2.24. The first-order chi connectivity index (χ1) is 11.0. The molecule has 134 valence electrons. The van der Waals surface area contributed by atoms with Gasteiger partial charge in [-0.25, -0.2) is 0 Å². The van der Waals surface area contributed by atoms with E-state index in [0.717, 1.165) is 51.0 Å². The van der Waals surface area contributed by atoms with E-state index in [-0.39, 0.29) is 0 Å². The van der Waals surface area contributed by atoms with Gasteiger partial charge in [0.1, 0.15) is 5.78 Å². The van der Waals surface area contributed by atoms with Crippen molar-refractivity contribution in [1.82, 2.24) is 4.90 Å². The van der Waals surface area contributed by atoms with Gasteiger partial charge >= 0.3 is 0 Å². The van der Waals surface area contributed by atoms with Gasteiger partial charge in [-0.05, 0) is 51.4 Å². The van der Waals surface area contributed by atoms with Gasteiger partial charge in [0.05, 0.1) is 0 Å². The number of unbranched alkanes of at least 4 members (excludes halogenated alkanes) is 5. The zero-order valence-corrected chi connectivity index (χ0v) is 15.6. The number of rotatable bonds is 12. The molecule has 0 aliphatic carbocycles. The van der Waals surface area contributed by atoms with Gasteiger partial charge in [-0.2, -0.15) is 0 Å². The molecule has 1 rings (SSSR count). The summed E-state index contributed by atoms with van der Waals surface area (Å²) in [4.78, 5) is 25.4. The minimum Gasteiger partial charge on any atom is -0.340 e. The molecule has 0 aromatic rings. The lowest BCUT2D eigenvalue weighted by atomic mass is 10.0. The summed E-state index contributed by atoms with van der Waals surface area (Å²) in [5.74, 6) is 1.41. The molecule has 1 unspecified atom stereocenters. The highest BCUT2D eigenvalue weighted by molar-refractivity contribution is 5.76. The van der Waals surface area contributed by atoms with E-state index < -0.39 is 0 Å². The highest BCUT2D eigenvalue weighted by atomic mass is 16.2. The summed E-state index contributed by atoms with van der Waals surface area (Å²) in [6.07, 6.45) is 13.0. The van der Waals surface area contributed by atoms with Crippen molar-refractivity contribution in [2.45, 2.75) is 104 Å². The number of likely N-dealkylation sites (tertiary alicyclic amines) is 1. The van der Waals surface area contributed by atoms with E-state index >= 15 is 0 Å². The summed E-state index contributed by atoms with van der Waals surface area (Å²) in [5, 5.41) is 0. The summed E-state index contributed by atoms with van der Waals surface area (Å²) < 4.78 is 0. The average molecular weight is 324 g/mol. The maximum absolute atomic E-state index is 12.4. The lowest BCUT2D eigenvalue weighted by molar-refractivity contribution is -0.132. The first-order valence-corrected chi connectivity index (χ1v) is 9.79. The van der Waals surface area contributed by atoms with E-state index in [2.05, 4.69) is 18.7 Å². The Hall–Kier alpha value is -0.860. The van der Waals surface area contributed by atoms with Gasteiger partial charge in [-0.3, -0.25) is 4.79 Å². The predicted molar refractivity (Wildman–Crippen MR) is 96.4 cm³/mol. The normalized spacial score (nSPS) is 17.9. The number of nitrogens with zero attached hydrogens (tertiary/aromatic N) is 1. The fourth-order valence-corrected chi connectivity index (χ4v) is 3.49. The lowest BCUT2D eigenvalue weighted by Gasteiger charge is -2.25. The third-order valence-corrected chi connectivity index (χ3v) is 4.94. The van der Waals surface area contributed by atoms with E-state index in [9.17, 15) is 9.59 Å². The van der Waals surface area contributed by atoms with E-state index in [1.54, 1.807) is 6.92 Å². The van der Waals surface area contributed by atoms with Crippen LogP contribution in [0.2, 0.25) is 0 Å². The molecule has 0 N–H and O–H groups in total. The molecule has 1 amide bonds. The molecule has 0 saturated carbocycles. The van der Waals surface area contributed by atoms with Crippen LogP contribution in [0.3, 0.4) is 0 Å². The van der Waals surface area contributed by atoms with Crippen molar-refractivity contribution < 1.29 is 9.59 Å². The van der Waals surface area contributed by atoms with Crippen molar-refractivity contribution in [3.05, 3.63) is 0 Å². The fraction of sp³-hybridized carbons (Fsp3) is 0.900. The van der Waals surface area contributed by atoms with Crippen LogP contribution in [-0.2, 0) is 9.59 Å². The Labute approximate surface area is 143 Å². The molecule has 0 radical (unpaired) electrons.